The van der Waals surface area contributed by atoms with Crippen molar-refractivity contribution in [2.75, 3.05) is 0 Å². The Morgan fingerprint density at radius 1 is 0.222 bits per heavy atom. The predicted octanol–water partition coefficient (Wildman–Crippen LogP) is 10.8. The third kappa shape index (κ3) is 6.89. The van der Waals surface area contributed by atoms with Crippen molar-refractivity contribution >= 4 is 0 Å². The molecule has 0 fully saturated rings. The number of hydrogen-bond donors (Lipinski definition) is 0. The van der Waals surface area contributed by atoms with Crippen LogP contribution in [0, 0.1) is 0 Å². The Morgan fingerprint density at radius 3 is 0.963 bits per heavy atom. The molecule has 7 nitrogen and oxygen atoms in total. The van der Waals surface area contributed by atoms with E-state index in [1.54, 1.807) is 6.20 Å². The van der Waals surface area contributed by atoms with E-state index >= 15 is 0 Å². The van der Waals surface area contributed by atoms with E-state index in [0.717, 1.165) is 55.6 Å². The van der Waals surface area contributed by atoms with Crippen LogP contribution in [0.5, 0.6) is 0 Å². The summed E-state index contributed by atoms with van der Waals surface area (Å²) in [6, 6.07) is 58.8. The molecule has 3 aromatic heterocycles. The van der Waals surface area contributed by atoms with Gasteiger partial charge in [0, 0.05) is 51.3 Å². The highest BCUT2D eigenvalue weighted by atomic mass is 15.0. The monoisotopic (exact) mass is 693 g/mol. The van der Waals surface area contributed by atoms with Crippen LogP contribution < -0.4 is 0 Å². The van der Waals surface area contributed by atoms with E-state index in [1.165, 1.54) is 0 Å². The lowest BCUT2D eigenvalue weighted by Gasteiger charge is -2.13. The van der Waals surface area contributed by atoms with E-state index in [0.29, 0.717) is 34.9 Å². The summed E-state index contributed by atoms with van der Waals surface area (Å²) in [6.07, 6.45) is 3.66. The van der Waals surface area contributed by atoms with Crippen molar-refractivity contribution in [3.63, 3.8) is 0 Å². The highest BCUT2D eigenvalue weighted by molar-refractivity contribution is 5.82. The topological polar surface area (TPSA) is 90.2 Å². The van der Waals surface area contributed by atoms with Crippen molar-refractivity contribution in [2.24, 2.45) is 0 Å². The van der Waals surface area contributed by atoms with Crippen LogP contribution in [-0.2, 0) is 0 Å². The smallest absolute Gasteiger partial charge is 0.164 e. The molecule has 0 saturated heterocycles. The van der Waals surface area contributed by atoms with Gasteiger partial charge in [0.25, 0.3) is 0 Å². The normalized spacial score (nSPS) is 11.0. The van der Waals surface area contributed by atoms with E-state index < -0.39 is 0 Å². The van der Waals surface area contributed by atoms with Crippen LogP contribution in [0.3, 0.4) is 0 Å². The zero-order chi connectivity index (χ0) is 36.1. The van der Waals surface area contributed by atoms with Gasteiger partial charge in [-0.2, -0.15) is 0 Å². The summed E-state index contributed by atoms with van der Waals surface area (Å²) < 4.78 is 0. The quantitative estimate of drug-likeness (QED) is 0.156. The molecule has 9 aromatic rings. The van der Waals surface area contributed by atoms with Crippen LogP contribution >= 0.6 is 0 Å². The summed E-state index contributed by atoms with van der Waals surface area (Å²) in [4.78, 5) is 34.3. The van der Waals surface area contributed by atoms with Crippen molar-refractivity contribution in [3.8, 4) is 90.6 Å². The fourth-order valence-electron chi connectivity index (χ4n) is 6.34. The standard InChI is InChI=1S/C47H31N7/c1-5-15-32(16-6-1)42-49-43(33-17-7-2-8-18-33)52-46(51-42)37-24-13-23-36(27-37)39-28-40(38-25-14-26-48-31-38)30-41(29-39)47-53-44(34-19-9-3-10-20-34)50-45(54-47)35-21-11-4-12-22-35/h1-31H. The largest absolute Gasteiger partial charge is 0.264 e. The Labute approximate surface area is 312 Å². The third-order valence-corrected chi connectivity index (χ3v) is 9.04. The maximum Gasteiger partial charge on any atom is 0.164 e. The molecule has 0 spiro atoms. The van der Waals surface area contributed by atoms with Gasteiger partial charge in [-0.15, -0.1) is 0 Å². The van der Waals surface area contributed by atoms with Crippen LogP contribution in [0.4, 0.5) is 0 Å². The summed E-state index contributed by atoms with van der Waals surface area (Å²) in [5.41, 5.74) is 9.34. The molecule has 0 saturated carbocycles. The van der Waals surface area contributed by atoms with Gasteiger partial charge >= 0.3 is 0 Å². The fourth-order valence-corrected chi connectivity index (χ4v) is 6.34. The summed E-state index contributed by atoms with van der Waals surface area (Å²) in [7, 11) is 0. The highest BCUT2D eigenvalue weighted by Crippen LogP contribution is 2.35. The fraction of sp³-hybridized carbons (Fsp3) is 0. The number of aromatic nitrogens is 7. The van der Waals surface area contributed by atoms with Gasteiger partial charge in [-0.1, -0.05) is 146 Å². The molecule has 6 aromatic carbocycles. The van der Waals surface area contributed by atoms with E-state index in [2.05, 4.69) is 41.4 Å². The molecule has 0 atom stereocenters. The first-order valence-electron chi connectivity index (χ1n) is 17.6. The second-order valence-corrected chi connectivity index (χ2v) is 12.7. The molecule has 0 N–H and O–H groups in total. The molecule has 0 unspecified atom stereocenters. The van der Waals surface area contributed by atoms with Gasteiger partial charge < -0.3 is 0 Å². The number of nitrogens with zero attached hydrogens (tertiary/aromatic N) is 7. The summed E-state index contributed by atoms with van der Waals surface area (Å²) in [6.45, 7) is 0. The Bertz CT molecular complexity index is 2570. The van der Waals surface area contributed by atoms with E-state index in [1.807, 2.05) is 146 Å². The number of hydrogen-bond acceptors (Lipinski definition) is 7. The summed E-state index contributed by atoms with van der Waals surface area (Å²) >= 11 is 0. The Morgan fingerprint density at radius 2 is 0.537 bits per heavy atom. The van der Waals surface area contributed by atoms with Crippen molar-refractivity contribution < 1.29 is 0 Å². The van der Waals surface area contributed by atoms with E-state index in [4.69, 9.17) is 29.9 Å². The average Bonchev–Trinajstić information content (AvgIpc) is 3.27. The molecule has 0 aliphatic heterocycles. The molecular formula is C47H31N7. The minimum Gasteiger partial charge on any atom is -0.264 e. The zero-order valence-electron chi connectivity index (χ0n) is 29.0. The Balaban J connectivity index is 1.20. The van der Waals surface area contributed by atoms with Gasteiger partial charge in [-0.3, -0.25) is 4.98 Å². The SMILES string of the molecule is c1ccc(-c2nc(-c3ccccc3)nc(-c3cccc(-c4cc(-c5cccnc5)cc(-c5nc(-c6ccccc6)nc(-c6ccccc6)n5)c4)c3)n2)cc1. The molecule has 7 heteroatoms. The van der Waals surface area contributed by atoms with Crippen LogP contribution in [-0.4, -0.2) is 34.9 Å². The highest BCUT2D eigenvalue weighted by Gasteiger charge is 2.17. The van der Waals surface area contributed by atoms with Crippen molar-refractivity contribution in [3.05, 3.63) is 188 Å². The van der Waals surface area contributed by atoms with Crippen molar-refractivity contribution in [1.82, 2.24) is 34.9 Å². The molecule has 9 rings (SSSR count). The zero-order valence-corrected chi connectivity index (χ0v) is 29.0. The van der Waals surface area contributed by atoms with Gasteiger partial charge in [-0.25, -0.2) is 29.9 Å². The lowest BCUT2D eigenvalue weighted by molar-refractivity contribution is 1.07. The predicted molar refractivity (Wildman–Crippen MR) is 214 cm³/mol. The van der Waals surface area contributed by atoms with Gasteiger partial charge in [-0.05, 0) is 47.0 Å². The maximum absolute atomic E-state index is 5.05. The van der Waals surface area contributed by atoms with Crippen LogP contribution in [0.25, 0.3) is 90.6 Å². The summed E-state index contributed by atoms with van der Waals surface area (Å²) in [5.74, 6) is 3.60. The molecule has 0 radical (unpaired) electrons. The minimum atomic E-state index is 0.573. The van der Waals surface area contributed by atoms with Crippen LogP contribution in [0.15, 0.2) is 188 Å². The number of pyridine rings is 1. The van der Waals surface area contributed by atoms with Crippen LogP contribution in [0.2, 0.25) is 0 Å². The van der Waals surface area contributed by atoms with E-state index in [9.17, 15) is 0 Å². The first kappa shape index (κ1) is 32.4. The Hall–Kier alpha value is -7.51. The van der Waals surface area contributed by atoms with Crippen molar-refractivity contribution in [1.29, 1.82) is 0 Å². The Kier molecular flexibility index (Phi) is 8.77. The van der Waals surface area contributed by atoms with E-state index in [-0.39, 0.29) is 0 Å². The lowest BCUT2D eigenvalue weighted by Crippen LogP contribution is -2.01. The first-order chi connectivity index (χ1) is 26.7. The second-order valence-electron chi connectivity index (χ2n) is 12.7. The third-order valence-electron chi connectivity index (χ3n) is 9.04. The first-order valence-corrected chi connectivity index (χ1v) is 17.6. The average molecular weight is 694 g/mol. The number of rotatable bonds is 8. The molecule has 254 valence electrons. The molecule has 54 heavy (non-hydrogen) atoms. The minimum absolute atomic E-state index is 0.573. The van der Waals surface area contributed by atoms with Gasteiger partial charge in [0.1, 0.15) is 0 Å². The van der Waals surface area contributed by atoms with Crippen molar-refractivity contribution in [2.45, 2.75) is 0 Å². The molecule has 0 amide bonds. The maximum atomic E-state index is 5.05. The molecule has 0 bridgehead atoms. The second kappa shape index (κ2) is 14.6. The molecule has 3 heterocycles. The lowest BCUT2D eigenvalue weighted by atomic mass is 9.95. The van der Waals surface area contributed by atoms with Crippen LogP contribution in [0.1, 0.15) is 0 Å². The molecular weight excluding hydrogens is 663 g/mol. The molecule has 0 aliphatic rings. The number of benzene rings is 6. The van der Waals surface area contributed by atoms with Gasteiger partial charge in [0.2, 0.25) is 0 Å². The molecule has 0 aliphatic carbocycles. The summed E-state index contributed by atoms with van der Waals surface area (Å²) in [5, 5.41) is 0. The van der Waals surface area contributed by atoms with Gasteiger partial charge in [0.05, 0.1) is 0 Å². The van der Waals surface area contributed by atoms with Gasteiger partial charge in [0.15, 0.2) is 34.9 Å².